The lowest BCUT2D eigenvalue weighted by molar-refractivity contribution is -0.134. The first-order valence-electron chi connectivity index (χ1n) is 15.2. The summed E-state index contributed by atoms with van der Waals surface area (Å²) in [6, 6.07) is 15.7. The van der Waals surface area contributed by atoms with Gasteiger partial charge in [0.05, 0.1) is 6.61 Å². The van der Waals surface area contributed by atoms with Gasteiger partial charge >= 0.3 is 5.97 Å². The number of ether oxygens (including phenoxy) is 2. The van der Waals surface area contributed by atoms with E-state index in [-0.39, 0.29) is 5.92 Å². The van der Waals surface area contributed by atoms with Crippen molar-refractivity contribution in [3.63, 3.8) is 0 Å². The molecular weight excluding hydrogens is 492 g/mol. The van der Waals surface area contributed by atoms with Crippen LogP contribution in [-0.4, -0.2) is 18.0 Å². The molecule has 0 bridgehead atoms. The maximum absolute atomic E-state index is 12.2. The summed E-state index contributed by atoms with van der Waals surface area (Å²) in [6.45, 7) is 7.02. The zero-order valence-electron chi connectivity index (χ0n) is 24.2. The molecule has 2 rings (SSSR count). The lowest BCUT2D eigenvalue weighted by Crippen LogP contribution is -2.26. The van der Waals surface area contributed by atoms with Crippen molar-refractivity contribution in [3.8, 4) is 22.6 Å². The van der Waals surface area contributed by atoms with E-state index in [0.29, 0.717) is 5.75 Å². The minimum atomic E-state index is -0.628. The number of carbonyl (C=O) groups excluding carboxylic acids is 1. The molecule has 212 valence electrons. The number of alkyl halides is 1. The monoisotopic (exact) mass is 542 g/mol. The molecule has 2 atom stereocenters. The van der Waals surface area contributed by atoms with Gasteiger partial charge in [-0.25, -0.2) is 0 Å². The molecule has 0 aromatic heterocycles. The van der Waals surface area contributed by atoms with Crippen LogP contribution in [0.5, 0.6) is 11.5 Å². The van der Waals surface area contributed by atoms with E-state index in [1.165, 1.54) is 83.5 Å². The second-order valence-corrected chi connectivity index (χ2v) is 11.2. The highest BCUT2D eigenvalue weighted by molar-refractivity contribution is 6.30. The van der Waals surface area contributed by atoms with E-state index in [1.807, 2.05) is 50.2 Å². The molecule has 0 saturated heterocycles. The van der Waals surface area contributed by atoms with E-state index in [4.69, 9.17) is 21.1 Å². The molecule has 0 aliphatic rings. The molecule has 0 heterocycles. The van der Waals surface area contributed by atoms with E-state index < -0.39 is 11.3 Å². The number of benzene rings is 2. The summed E-state index contributed by atoms with van der Waals surface area (Å²) < 4.78 is 11.4. The van der Waals surface area contributed by atoms with Gasteiger partial charge in [0.25, 0.3) is 0 Å². The zero-order chi connectivity index (χ0) is 27.4. The van der Waals surface area contributed by atoms with Crippen LogP contribution in [0.25, 0.3) is 11.1 Å². The smallest absolute Gasteiger partial charge is 0.329 e. The SMILES string of the molecule is CCCCCCCCCCCCCCCCOc1ccc(-c2ccc(OC(=O)C(Cl)C(C)CC)cc2)cc1. The average molecular weight is 543 g/mol. The first-order chi connectivity index (χ1) is 18.5. The summed E-state index contributed by atoms with van der Waals surface area (Å²) in [5, 5.41) is -0.628. The minimum absolute atomic E-state index is 0.0820. The highest BCUT2D eigenvalue weighted by Gasteiger charge is 2.23. The molecule has 0 aliphatic carbocycles. The fourth-order valence-electron chi connectivity index (χ4n) is 4.56. The Labute approximate surface area is 237 Å². The Kier molecular flexibility index (Phi) is 16.9. The van der Waals surface area contributed by atoms with Crippen LogP contribution >= 0.6 is 11.6 Å². The lowest BCUT2D eigenvalue weighted by atomic mass is 10.0. The van der Waals surface area contributed by atoms with Crippen LogP contribution in [0, 0.1) is 5.92 Å². The third-order valence-electron chi connectivity index (χ3n) is 7.40. The standard InChI is InChI=1S/C34H51ClO3/c1-4-6-7-8-9-10-11-12-13-14-15-16-17-18-27-37-31-23-19-29(20-24-31)30-21-25-32(26-22-30)38-34(36)33(35)28(3)5-2/h19-26,28,33H,4-18,27H2,1-3H3. The molecule has 38 heavy (non-hydrogen) atoms. The number of rotatable bonds is 21. The highest BCUT2D eigenvalue weighted by atomic mass is 35.5. The van der Waals surface area contributed by atoms with Crippen molar-refractivity contribution >= 4 is 17.6 Å². The first-order valence-corrected chi connectivity index (χ1v) is 15.7. The number of esters is 1. The Morgan fingerprint density at radius 3 is 1.53 bits per heavy atom. The average Bonchev–Trinajstić information content (AvgIpc) is 2.95. The molecule has 0 saturated carbocycles. The molecule has 3 nitrogen and oxygen atoms in total. The lowest BCUT2D eigenvalue weighted by Gasteiger charge is -2.15. The van der Waals surface area contributed by atoms with Crippen LogP contribution in [0.2, 0.25) is 0 Å². The molecule has 0 aliphatic heterocycles. The van der Waals surface area contributed by atoms with Crippen LogP contribution in [0.1, 0.15) is 117 Å². The van der Waals surface area contributed by atoms with Gasteiger partial charge < -0.3 is 9.47 Å². The second kappa shape index (κ2) is 20.0. The Morgan fingerprint density at radius 2 is 1.08 bits per heavy atom. The predicted molar refractivity (Wildman–Crippen MR) is 162 cm³/mol. The molecule has 2 aromatic carbocycles. The molecule has 0 fully saturated rings. The molecule has 0 amide bonds. The van der Waals surface area contributed by atoms with E-state index in [9.17, 15) is 4.79 Å². The third-order valence-corrected chi connectivity index (χ3v) is 8.00. The number of hydrogen-bond acceptors (Lipinski definition) is 3. The van der Waals surface area contributed by atoms with Crippen LogP contribution in [0.3, 0.4) is 0 Å². The van der Waals surface area contributed by atoms with Gasteiger partial charge in [-0.1, -0.05) is 135 Å². The van der Waals surface area contributed by atoms with Crippen LogP contribution < -0.4 is 9.47 Å². The number of hydrogen-bond donors (Lipinski definition) is 0. The molecule has 2 unspecified atom stereocenters. The normalized spacial score (nSPS) is 12.7. The van der Waals surface area contributed by atoms with E-state index in [0.717, 1.165) is 36.3 Å². The van der Waals surface area contributed by atoms with E-state index in [2.05, 4.69) is 19.1 Å². The summed E-state index contributed by atoms with van der Waals surface area (Å²) in [7, 11) is 0. The van der Waals surface area contributed by atoms with Crippen molar-refractivity contribution in [1.82, 2.24) is 0 Å². The van der Waals surface area contributed by atoms with Gasteiger partial charge in [0, 0.05) is 0 Å². The summed E-state index contributed by atoms with van der Waals surface area (Å²) >= 11 is 6.19. The fraction of sp³-hybridized carbons (Fsp3) is 0.618. The summed E-state index contributed by atoms with van der Waals surface area (Å²) in [6.07, 6.45) is 19.9. The third kappa shape index (κ3) is 13.2. The second-order valence-electron chi connectivity index (χ2n) is 10.7. The number of carbonyl (C=O) groups is 1. The topological polar surface area (TPSA) is 35.5 Å². The van der Waals surface area contributed by atoms with E-state index >= 15 is 0 Å². The van der Waals surface area contributed by atoms with Gasteiger partial charge in [0.15, 0.2) is 0 Å². The van der Waals surface area contributed by atoms with Gasteiger partial charge in [-0.05, 0) is 47.7 Å². The molecule has 2 aromatic rings. The zero-order valence-corrected chi connectivity index (χ0v) is 24.9. The van der Waals surface area contributed by atoms with Crippen LogP contribution in [-0.2, 0) is 4.79 Å². The highest BCUT2D eigenvalue weighted by Crippen LogP contribution is 2.26. The van der Waals surface area contributed by atoms with Crippen molar-refractivity contribution < 1.29 is 14.3 Å². The molecule has 4 heteroatoms. The first kappa shape index (κ1) is 32.2. The van der Waals surface area contributed by atoms with Gasteiger partial charge in [0.2, 0.25) is 0 Å². The molecular formula is C34H51ClO3. The summed E-state index contributed by atoms with van der Waals surface area (Å²) in [4.78, 5) is 12.2. The Bertz CT molecular complexity index is 862. The van der Waals surface area contributed by atoms with Crippen LogP contribution in [0.4, 0.5) is 0 Å². The predicted octanol–water partition coefficient (Wildman–Crippen LogP) is 10.8. The number of unbranched alkanes of at least 4 members (excludes halogenated alkanes) is 13. The number of halogens is 1. The summed E-state index contributed by atoms with van der Waals surface area (Å²) in [5.41, 5.74) is 2.16. The Morgan fingerprint density at radius 1 is 0.658 bits per heavy atom. The van der Waals surface area contributed by atoms with Gasteiger partial charge in [-0.2, -0.15) is 0 Å². The Balaban J connectivity index is 1.55. The molecule has 0 spiro atoms. The maximum atomic E-state index is 12.2. The van der Waals surface area contributed by atoms with E-state index in [1.54, 1.807) is 0 Å². The molecule has 0 radical (unpaired) electrons. The van der Waals surface area contributed by atoms with Crippen molar-refractivity contribution in [2.75, 3.05) is 6.61 Å². The molecule has 0 N–H and O–H groups in total. The largest absolute Gasteiger partial charge is 0.494 e. The van der Waals surface area contributed by atoms with Crippen molar-refractivity contribution in [1.29, 1.82) is 0 Å². The van der Waals surface area contributed by atoms with Gasteiger partial charge in [-0.3, -0.25) is 4.79 Å². The van der Waals surface area contributed by atoms with Crippen molar-refractivity contribution in [3.05, 3.63) is 48.5 Å². The van der Waals surface area contributed by atoms with Gasteiger partial charge in [-0.15, -0.1) is 11.6 Å². The van der Waals surface area contributed by atoms with Crippen LogP contribution in [0.15, 0.2) is 48.5 Å². The van der Waals surface area contributed by atoms with Gasteiger partial charge in [0.1, 0.15) is 16.9 Å². The van der Waals surface area contributed by atoms with Crippen molar-refractivity contribution in [2.45, 2.75) is 122 Å². The minimum Gasteiger partial charge on any atom is -0.494 e. The fourth-order valence-corrected chi connectivity index (χ4v) is 4.78. The maximum Gasteiger partial charge on any atom is 0.329 e. The quantitative estimate of drug-likeness (QED) is 0.0680. The summed E-state index contributed by atoms with van der Waals surface area (Å²) in [5.74, 6) is 1.11. The van der Waals surface area contributed by atoms with Crippen molar-refractivity contribution in [2.24, 2.45) is 5.92 Å². The Hall–Kier alpha value is -2.00.